The van der Waals surface area contributed by atoms with E-state index in [1.54, 1.807) is 6.07 Å². The van der Waals surface area contributed by atoms with Crippen LogP contribution in [0.25, 0.3) is 0 Å². The smallest absolute Gasteiger partial charge is 0.123 e. The van der Waals surface area contributed by atoms with E-state index in [0.29, 0.717) is 6.54 Å². The Labute approximate surface area is 113 Å². The minimum Gasteiger partial charge on any atom is -0.330 e. The molecule has 2 atom stereocenters. The normalized spacial score (nSPS) is 14.1. The fourth-order valence-electron chi connectivity index (χ4n) is 2.32. The van der Waals surface area contributed by atoms with Crippen LogP contribution in [0.2, 0.25) is 0 Å². The van der Waals surface area contributed by atoms with Gasteiger partial charge >= 0.3 is 0 Å². The van der Waals surface area contributed by atoms with Gasteiger partial charge in [-0.1, -0.05) is 42.5 Å². The molecule has 4 N–H and O–H groups in total. The molecule has 0 aliphatic heterocycles. The van der Waals surface area contributed by atoms with E-state index in [4.69, 9.17) is 11.5 Å². The van der Waals surface area contributed by atoms with E-state index < -0.39 is 0 Å². The van der Waals surface area contributed by atoms with E-state index in [1.165, 1.54) is 17.7 Å². The predicted molar refractivity (Wildman–Crippen MR) is 76.3 cm³/mol. The first-order valence-electron chi connectivity index (χ1n) is 6.45. The Bertz CT molecular complexity index is 513. The monoisotopic (exact) mass is 258 g/mol. The molecule has 0 aromatic heterocycles. The van der Waals surface area contributed by atoms with Crippen molar-refractivity contribution in [3.8, 4) is 0 Å². The van der Waals surface area contributed by atoms with Gasteiger partial charge in [0.15, 0.2) is 0 Å². The number of hydrogen-bond acceptors (Lipinski definition) is 2. The molecule has 0 spiro atoms. The van der Waals surface area contributed by atoms with Crippen LogP contribution in [0.4, 0.5) is 4.39 Å². The molecule has 0 fully saturated rings. The van der Waals surface area contributed by atoms with Gasteiger partial charge in [-0.3, -0.25) is 0 Å². The van der Waals surface area contributed by atoms with E-state index in [0.717, 1.165) is 12.0 Å². The maximum atomic E-state index is 13.3. The van der Waals surface area contributed by atoms with Gasteiger partial charge in [0, 0.05) is 18.5 Å². The second-order valence-corrected chi connectivity index (χ2v) is 4.75. The number of benzene rings is 2. The maximum Gasteiger partial charge on any atom is 0.123 e. The van der Waals surface area contributed by atoms with E-state index in [1.807, 2.05) is 36.4 Å². The van der Waals surface area contributed by atoms with Crippen molar-refractivity contribution < 1.29 is 4.39 Å². The lowest BCUT2D eigenvalue weighted by molar-refractivity contribution is 0.530. The third-order valence-electron chi connectivity index (χ3n) is 3.36. The molecular weight excluding hydrogens is 239 g/mol. The predicted octanol–water partition coefficient (Wildman–Crippen LogP) is 2.44. The van der Waals surface area contributed by atoms with Crippen LogP contribution in [0.15, 0.2) is 54.6 Å². The molecule has 2 nitrogen and oxygen atoms in total. The first-order valence-corrected chi connectivity index (χ1v) is 6.45. The number of halogens is 1. The number of hydrogen-bond donors (Lipinski definition) is 2. The second-order valence-electron chi connectivity index (χ2n) is 4.75. The maximum absolute atomic E-state index is 13.3. The zero-order valence-electron chi connectivity index (χ0n) is 10.8. The van der Waals surface area contributed by atoms with Crippen molar-refractivity contribution in [2.75, 3.05) is 6.54 Å². The molecule has 0 saturated carbocycles. The van der Waals surface area contributed by atoms with Crippen LogP contribution in [0.3, 0.4) is 0 Å². The Morgan fingerprint density at radius 3 is 2.37 bits per heavy atom. The van der Waals surface area contributed by atoms with Crippen molar-refractivity contribution in [3.63, 3.8) is 0 Å². The van der Waals surface area contributed by atoms with E-state index >= 15 is 0 Å². The first kappa shape index (κ1) is 13.7. The lowest BCUT2D eigenvalue weighted by atomic mass is 9.88. The third kappa shape index (κ3) is 3.63. The molecule has 2 rings (SSSR count). The Morgan fingerprint density at radius 1 is 1.00 bits per heavy atom. The van der Waals surface area contributed by atoms with Crippen LogP contribution in [-0.2, 0) is 6.42 Å². The summed E-state index contributed by atoms with van der Waals surface area (Å²) < 4.78 is 13.3. The standard InChI is InChI=1S/C16H19FN2/c17-14-8-4-7-13(10-14)15(11-18)16(19)9-12-5-2-1-3-6-12/h1-8,10,15-16H,9,11,18-19H2. The molecule has 2 aromatic carbocycles. The molecule has 2 unspecified atom stereocenters. The SMILES string of the molecule is NCC(c1cccc(F)c1)C(N)Cc1ccccc1. The van der Waals surface area contributed by atoms with Gasteiger partial charge in [-0.2, -0.15) is 0 Å². The van der Waals surface area contributed by atoms with Crippen LogP contribution in [0.1, 0.15) is 17.0 Å². The minimum absolute atomic E-state index is 0.0316. The quantitative estimate of drug-likeness (QED) is 0.865. The zero-order chi connectivity index (χ0) is 13.7. The van der Waals surface area contributed by atoms with Gasteiger partial charge in [-0.25, -0.2) is 4.39 Å². The molecule has 0 aliphatic rings. The molecule has 2 aromatic rings. The fourth-order valence-corrected chi connectivity index (χ4v) is 2.32. The average molecular weight is 258 g/mol. The number of nitrogens with two attached hydrogens (primary N) is 2. The van der Waals surface area contributed by atoms with Crippen molar-refractivity contribution in [1.29, 1.82) is 0 Å². The lowest BCUT2D eigenvalue weighted by Gasteiger charge is -2.23. The van der Waals surface area contributed by atoms with Crippen molar-refractivity contribution in [2.45, 2.75) is 18.4 Å². The summed E-state index contributed by atoms with van der Waals surface area (Å²) in [5, 5.41) is 0. The van der Waals surface area contributed by atoms with Gasteiger partial charge in [-0.05, 0) is 29.7 Å². The van der Waals surface area contributed by atoms with Gasteiger partial charge in [0.25, 0.3) is 0 Å². The van der Waals surface area contributed by atoms with Crippen LogP contribution < -0.4 is 11.5 Å². The zero-order valence-corrected chi connectivity index (χ0v) is 10.8. The summed E-state index contributed by atoms with van der Waals surface area (Å²) in [6.45, 7) is 0.414. The fraction of sp³-hybridized carbons (Fsp3) is 0.250. The molecule has 19 heavy (non-hydrogen) atoms. The summed E-state index contributed by atoms with van der Waals surface area (Å²) in [5.41, 5.74) is 14.1. The van der Waals surface area contributed by atoms with Gasteiger partial charge < -0.3 is 11.5 Å². The summed E-state index contributed by atoms with van der Waals surface area (Å²) in [4.78, 5) is 0. The largest absolute Gasteiger partial charge is 0.330 e. The van der Waals surface area contributed by atoms with Gasteiger partial charge in [0.2, 0.25) is 0 Å². The van der Waals surface area contributed by atoms with Crippen molar-refractivity contribution in [1.82, 2.24) is 0 Å². The van der Waals surface area contributed by atoms with Crippen LogP contribution in [0, 0.1) is 5.82 Å². The molecule has 100 valence electrons. The molecule has 3 heteroatoms. The summed E-state index contributed by atoms with van der Waals surface area (Å²) >= 11 is 0. The summed E-state index contributed by atoms with van der Waals surface area (Å²) in [6, 6.07) is 16.4. The summed E-state index contributed by atoms with van der Waals surface area (Å²) in [6.07, 6.45) is 0.735. The van der Waals surface area contributed by atoms with Crippen molar-refractivity contribution >= 4 is 0 Å². The van der Waals surface area contributed by atoms with Gasteiger partial charge in [-0.15, -0.1) is 0 Å². The molecular formula is C16H19FN2. The average Bonchev–Trinajstić information content (AvgIpc) is 2.41. The summed E-state index contributed by atoms with van der Waals surface area (Å²) in [5.74, 6) is -0.279. The summed E-state index contributed by atoms with van der Waals surface area (Å²) in [7, 11) is 0. The molecule has 0 saturated heterocycles. The first-order chi connectivity index (χ1) is 9.20. The lowest BCUT2D eigenvalue weighted by Crippen LogP contribution is -2.35. The second kappa shape index (κ2) is 6.45. The van der Waals surface area contributed by atoms with Crippen molar-refractivity contribution in [2.24, 2.45) is 11.5 Å². The van der Waals surface area contributed by atoms with Crippen LogP contribution in [-0.4, -0.2) is 12.6 Å². The van der Waals surface area contributed by atoms with Crippen LogP contribution in [0.5, 0.6) is 0 Å². The Morgan fingerprint density at radius 2 is 1.74 bits per heavy atom. The van der Waals surface area contributed by atoms with E-state index in [-0.39, 0.29) is 17.8 Å². The van der Waals surface area contributed by atoms with Gasteiger partial charge in [0.1, 0.15) is 5.82 Å². The molecule has 0 heterocycles. The molecule has 0 aliphatic carbocycles. The van der Waals surface area contributed by atoms with Crippen molar-refractivity contribution in [3.05, 3.63) is 71.5 Å². The molecule has 0 bridgehead atoms. The minimum atomic E-state index is -0.247. The highest BCUT2D eigenvalue weighted by molar-refractivity contribution is 5.24. The van der Waals surface area contributed by atoms with E-state index in [9.17, 15) is 4.39 Å². The van der Waals surface area contributed by atoms with E-state index in [2.05, 4.69) is 0 Å². The van der Waals surface area contributed by atoms with Crippen LogP contribution >= 0.6 is 0 Å². The van der Waals surface area contributed by atoms with Gasteiger partial charge in [0.05, 0.1) is 0 Å². The topological polar surface area (TPSA) is 52.0 Å². The Hall–Kier alpha value is -1.71. The highest BCUT2D eigenvalue weighted by Gasteiger charge is 2.19. The molecule has 0 radical (unpaired) electrons. The Balaban J connectivity index is 2.13. The number of rotatable bonds is 5. The highest BCUT2D eigenvalue weighted by atomic mass is 19.1. The highest BCUT2D eigenvalue weighted by Crippen LogP contribution is 2.21. The third-order valence-corrected chi connectivity index (χ3v) is 3.36. The Kier molecular flexibility index (Phi) is 4.66. The molecule has 0 amide bonds.